The third-order valence-corrected chi connectivity index (χ3v) is 2.60. The monoisotopic (exact) mass is 299 g/mol. The third kappa shape index (κ3) is 5.28. The first-order chi connectivity index (χ1) is 10.8. The number of nitrogen functional groups attached to an aromatic ring is 1. The normalized spacial score (nSPS) is 8.64. The first kappa shape index (κ1) is 19.8. The summed E-state index contributed by atoms with van der Waals surface area (Å²) in [5.74, 6) is 0.876. The van der Waals surface area contributed by atoms with E-state index in [1.807, 2.05) is 96.1 Å². The van der Waals surface area contributed by atoms with Gasteiger partial charge < -0.3 is 10.2 Å². The Morgan fingerprint density at radius 3 is 1.91 bits per heavy atom. The molecule has 0 saturated carbocycles. The highest BCUT2D eigenvalue weighted by molar-refractivity contribution is 5.85. The van der Waals surface area contributed by atoms with E-state index in [0.717, 1.165) is 28.0 Å². The molecule has 22 heavy (non-hydrogen) atoms. The van der Waals surface area contributed by atoms with E-state index in [-0.39, 0.29) is 0 Å². The van der Waals surface area contributed by atoms with Crippen molar-refractivity contribution in [1.82, 2.24) is 0 Å². The highest BCUT2D eigenvalue weighted by atomic mass is 16.3. The minimum absolute atomic E-state index is 0.757. The summed E-state index contributed by atoms with van der Waals surface area (Å²) < 4.78 is 5.75. The predicted octanol–water partition coefficient (Wildman–Crippen LogP) is 6.76. The van der Waals surface area contributed by atoms with Gasteiger partial charge in [0.05, 0.1) is 0 Å². The molecule has 0 aliphatic heterocycles. The Labute approximate surface area is 135 Å². The number of furan rings is 1. The van der Waals surface area contributed by atoms with Crippen LogP contribution in [0.2, 0.25) is 0 Å². The average molecular weight is 299 g/mol. The Bertz CT molecular complexity index is 627. The van der Waals surface area contributed by atoms with Gasteiger partial charge in [0.15, 0.2) is 0 Å². The van der Waals surface area contributed by atoms with Gasteiger partial charge in [-0.25, -0.2) is 0 Å². The second-order valence-electron chi connectivity index (χ2n) is 3.77. The maximum absolute atomic E-state index is 5.75. The zero-order valence-corrected chi connectivity index (χ0v) is 14.7. The van der Waals surface area contributed by atoms with Gasteiger partial charge in [-0.1, -0.05) is 71.9 Å². The van der Waals surface area contributed by atoms with Crippen LogP contribution in [0.4, 0.5) is 5.69 Å². The molecule has 3 rings (SSSR count). The molecule has 2 N–H and O–H groups in total. The standard InChI is InChI=1S/C14H11NO.3C2H6/c15-12-6-7-13-11(8-12)9-14(16-13)10-4-2-1-3-5-10;3*1-2/h1-9H,15H2;3*1-2H3. The summed E-state index contributed by atoms with van der Waals surface area (Å²) in [7, 11) is 0. The fourth-order valence-electron chi connectivity index (χ4n) is 1.81. The van der Waals surface area contributed by atoms with Crippen LogP contribution in [0.5, 0.6) is 0 Å². The maximum Gasteiger partial charge on any atom is 0.135 e. The molecule has 0 spiro atoms. The van der Waals surface area contributed by atoms with E-state index < -0.39 is 0 Å². The summed E-state index contributed by atoms with van der Waals surface area (Å²) in [6.07, 6.45) is 0. The van der Waals surface area contributed by atoms with Crippen molar-refractivity contribution in [3.05, 3.63) is 54.6 Å². The van der Waals surface area contributed by atoms with Gasteiger partial charge in [0.25, 0.3) is 0 Å². The number of benzene rings is 2. The van der Waals surface area contributed by atoms with Crippen LogP contribution in [-0.4, -0.2) is 0 Å². The van der Waals surface area contributed by atoms with Gasteiger partial charge in [0, 0.05) is 16.6 Å². The quantitative estimate of drug-likeness (QED) is 0.504. The molecular weight excluding hydrogens is 270 g/mol. The molecule has 0 aliphatic carbocycles. The summed E-state index contributed by atoms with van der Waals surface area (Å²) in [4.78, 5) is 0. The lowest BCUT2D eigenvalue weighted by Crippen LogP contribution is -1.80. The Morgan fingerprint density at radius 1 is 0.727 bits per heavy atom. The van der Waals surface area contributed by atoms with E-state index >= 15 is 0 Å². The van der Waals surface area contributed by atoms with E-state index in [1.165, 1.54) is 0 Å². The van der Waals surface area contributed by atoms with Crippen LogP contribution in [0.3, 0.4) is 0 Å². The van der Waals surface area contributed by atoms with Gasteiger partial charge in [0.1, 0.15) is 11.3 Å². The van der Waals surface area contributed by atoms with E-state index in [0.29, 0.717) is 0 Å². The van der Waals surface area contributed by atoms with Crippen LogP contribution < -0.4 is 5.73 Å². The second-order valence-corrected chi connectivity index (χ2v) is 3.77. The van der Waals surface area contributed by atoms with Crippen LogP contribution in [0.1, 0.15) is 41.5 Å². The highest BCUT2D eigenvalue weighted by Crippen LogP contribution is 2.28. The molecule has 3 aromatic rings. The van der Waals surface area contributed by atoms with Crippen molar-refractivity contribution in [2.45, 2.75) is 41.5 Å². The molecule has 2 aromatic carbocycles. The molecule has 1 aromatic heterocycles. The van der Waals surface area contributed by atoms with E-state index in [2.05, 4.69) is 0 Å². The number of hydrogen-bond acceptors (Lipinski definition) is 2. The van der Waals surface area contributed by atoms with E-state index in [4.69, 9.17) is 10.2 Å². The van der Waals surface area contributed by atoms with Crippen molar-refractivity contribution in [2.75, 3.05) is 5.73 Å². The molecule has 0 unspecified atom stereocenters. The maximum atomic E-state index is 5.75. The Morgan fingerprint density at radius 2 is 1.32 bits per heavy atom. The Hall–Kier alpha value is -2.22. The van der Waals surface area contributed by atoms with Gasteiger partial charge in [-0.2, -0.15) is 0 Å². The van der Waals surface area contributed by atoms with Gasteiger partial charge in [-0.15, -0.1) is 0 Å². The summed E-state index contributed by atoms with van der Waals surface area (Å²) in [6, 6.07) is 17.7. The van der Waals surface area contributed by atoms with Crippen molar-refractivity contribution in [3.63, 3.8) is 0 Å². The summed E-state index contributed by atoms with van der Waals surface area (Å²) in [5.41, 5.74) is 8.44. The smallest absolute Gasteiger partial charge is 0.135 e. The number of rotatable bonds is 1. The van der Waals surface area contributed by atoms with Gasteiger partial charge in [-0.05, 0) is 24.3 Å². The number of fused-ring (bicyclic) bond motifs is 1. The van der Waals surface area contributed by atoms with Crippen molar-refractivity contribution in [1.29, 1.82) is 0 Å². The van der Waals surface area contributed by atoms with Gasteiger partial charge in [-0.3, -0.25) is 0 Å². The second kappa shape index (κ2) is 11.4. The predicted molar refractivity (Wildman–Crippen MR) is 100 cm³/mol. The lowest BCUT2D eigenvalue weighted by molar-refractivity contribution is 0.631. The molecule has 0 fully saturated rings. The fraction of sp³-hybridized carbons (Fsp3) is 0.300. The average Bonchev–Trinajstić information content (AvgIpc) is 3.04. The molecule has 0 amide bonds. The largest absolute Gasteiger partial charge is 0.456 e. The number of hydrogen-bond donors (Lipinski definition) is 1. The van der Waals surface area contributed by atoms with Crippen LogP contribution in [-0.2, 0) is 0 Å². The first-order valence-electron chi connectivity index (χ1n) is 8.17. The van der Waals surface area contributed by atoms with Crippen molar-refractivity contribution in [2.24, 2.45) is 0 Å². The van der Waals surface area contributed by atoms with Crippen LogP contribution in [0.15, 0.2) is 59.0 Å². The molecule has 0 aliphatic rings. The van der Waals surface area contributed by atoms with E-state index in [9.17, 15) is 0 Å². The molecule has 0 bridgehead atoms. The topological polar surface area (TPSA) is 39.2 Å². The third-order valence-electron chi connectivity index (χ3n) is 2.60. The lowest BCUT2D eigenvalue weighted by atomic mass is 10.1. The Kier molecular flexibility index (Phi) is 10.3. The number of anilines is 1. The SMILES string of the molecule is CC.CC.CC.Nc1ccc2oc(-c3ccccc3)cc2c1. The molecular formula is C20H29NO. The zero-order valence-electron chi connectivity index (χ0n) is 14.7. The first-order valence-corrected chi connectivity index (χ1v) is 8.17. The molecule has 0 radical (unpaired) electrons. The number of nitrogens with two attached hydrogens (primary N) is 1. The van der Waals surface area contributed by atoms with Crippen molar-refractivity contribution in [3.8, 4) is 11.3 Å². The molecule has 0 saturated heterocycles. The summed E-state index contributed by atoms with van der Waals surface area (Å²) in [6.45, 7) is 12.0. The van der Waals surface area contributed by atoms with Crippen LogP contribution in [0, 0.1) is 0 Å². The molecule has 2 heteroatoms. The highest BCUT2D eigenvalue weighted by Gasteiger charge is 2.05. The minimum atomic E-state index is 0.757. The molecule has 2 nitrogen and oxygen atoms in total. The summed E-state index contributed by atoms with van der Waals surface area (Å²) in [5, 5.41) is 1.04. The molecule has 1 heterocycles. The minimum Gasteiger partial charge on any atom is -0.456 e. The molecule has 0 atom stereocenters. The van der Waals surface area contributed by atoms with Gasteiger partial charge >= 0.3 is 0 Å². The van der Waals surface area contributed by atoms with Crippen molar-refractivity contribution < 1.29 is 4.42 Å². The zero-order chi connectivity index (χ0) is 17.0. The van der Waals surface area contributed by atoms with Crippen LogP contribution >= 0.6 is 0 Å². The van der Waals surface area contributed by atoms with Crippen LogP contribution in [0.25, 0.3) is 22.3 Å². The molecule has 120 valence electrons. The van der Waals surface area contributed by atoms with E-state index in [1.54, 1.807) is 0 Å². The summed E-state index contributed by atoms with van der Waals surface area (Å²) >= 11 is 0. The van der Waals surface area contributed by atoms with Crippen molar-refractivity contribution >= 4 is 16.7 Å². The lowest BCUT2D eigenvalue weighted by Gasteiger charge is -1.93. The Balaban J connectivity index is 0.000000661. The van der Waals surface area contributed by atoms with Gasteiger partial charge in [0.2, 0.25) is 0 Å². The fourth-order valence-corrected chi connectivity index (χ4v) is 1.81.